The molecule has 3 aromatic rings. The van der Waals surface area contributed by atoms with E-state index in [2.05, 4.69) is 16.7 Å². The molecule has 198 valence electrons. The lowest BCUT2D eigenvalue weighted by Gasteiger charge is -2.56. The number of ether oxygens (including phenoxy) is 3. The number of rotatable bonds is 7. The van der Waals surface area contributed by atoms with E-state index in [9.17, 15) is 4.79 Å². The molecule has 1 fully saturated rings. The van der Waals surface area contributed by atoms with Crippen LogP contribution in [0.15, 0.2) is 60.7 Å². The van der Waals surface area contributed by atoms with Crippen molar-refractivity contribution in [2.45, 2.75) is 46.4 Å². The number of thiocarbonyl (C=S) groups is 1. The van der Waals surface area contributed by atoms with E-state index in [4.69, 9.17) is 26.4 Å². The summed E-state index contributed by atoms with van der Waals surface area (Å²) in [5.74, 6) is 1.20. The van der Waals surface area contributed by atoms with E-state index in [-0.39, 0.29) is 5.91 Å². The molecule has 0 spiro atoms. The van der Waals surface area contributed by atoms with Gasteiger partial charge >= 0.3 is 0 Å². The maximum atomic E-state index is 14.1. The van der Waals surface area contributed by atoms with Crippen LogP contribution in [-0.4, -0.2) is 30.0 Å². The summed E-state index contributed by atoms with van der Waals surface area (Å²) in [5.41, 5.74) is 3.37. The second-order valence-electron chi connectivity index (χ2n) is 9.74. The number of nitrogens with one attached hydrogen (secondary N) is 2. The van der Waals surface area contributed by atoms with Gasteiger partial charge in [-0.15, -0.1) is 0 Å². The number of hydrogen-bond donors (Lipinski definition) is 2. The van der Waals surface area contributed by atoms with Gasteiger partial charge in [-0.1, -0.05) is 29.8 Å². The first-order valence-corrected chi connectivity index (χ1v) is 13.3. The van der Waals surface area contributed by atoms with E-state index < -0.39 is 17.7 Å². The first-order chi connectivity index (χ1) is 18.3. The molecule has 3 atom stereocenters. The van der Waals surface area contributed by atoms with Crippen molar-refractivity contribution in [3.8, 4) is 17.2 Å². The van der Waals surface area contributed by atoms with Crippen molar-refractivity contribution in [3.63, 3.8) is 0 Å². The van der Waals surface area contributed by atoms with Crippen LogP contribution in [0.2, 0.25) is 0 Å². The average molecular weight is 532 g/mol. The van der Waals surface area contributed by atoms with Crippen LogP contribution < -0.4 is 29.7 Å². The first kappa shape index (κ1) is 25.9. The molecule has 7 nitrogen and oxygen atoms in total. The standard InChI is InChI=1S/C30H33N3O4S/c1-6-35-21-14-12-20(13-15-21)33-29(38)32-26-22-9-8-10-24(36-7-2)27(22)37-30(33,5)25(26)28(34)31-23-16-11-18(3)17-19(23)4/h8-17,25-26H,6-7H2,1-5H3,(H,31,34)(H,32,38)/t25-,26+,30+/m0/s1. The zero-order valence-electron chi connectivity index (χ0n) is 22.3. The van der Waals surface area contributed by atoms with Gasteiger partial charge in [-0.3, -0.25) is 9.69 Å². The highest BCUT2D eigenvalue weighted by Gasteiger charge is 2.59. The normalized spacial score (nSPS) is 21.6. The fourth-order valence-electron chi connectivity index (χ4n) is 5.45. The van der Waals surface area contributed by atoms with Crippen molar-refractivity contribution in [2.24, 2.45) is 5.92 Å². The Morgan fingerprint density at radius 1 is 1.08 bits per heavy atom. The van der Waals surface area contributed by atoms with Crippen LogP contribution in [0.5, 0.6) is 17.2 Å². The van der Waals surface area contributed by atoms with Gasteiger partial charge in [0, 0.05) is 16.9 Å². The molecule has 2 heterocycles. The lowest BCUT2D eigenvalue weighted by molar-refractivity contribution is -0.130. The van der Waals surface area contributed by atoms with Gasteiger partial charge in [0.15, 0.2) is 22.3 Å². The minimum atomic E-state index is -1.15. The number of fused-ring (bicyclic) bond motifs is 4. The van der Waals surface area contributed by atoms with Crippen LogP contribution in [0.1, 0.15) is 43.5 Å². The Bertz CT molecular complexity index is 1380. The Balaban J connectivity index is 1.62. The molecule has 0 aromatic heterocycles. The van der Waals surface area contributed by atoms with Gasteiger partial charge in [0.05, 0.1) is 19.3 Å². The van der Waals surface area contributed by atoms with Gasteiger partial charge in [-0.05, 0) is 88.8 Å². The minimum Gasteiger partial charge on any atom is -0.494 e. The zero-order chi connectivity index (χ0) is 27.0. The SMILES string of the molecule is CCOc1ccc(N2C(=S)N[C@@H]3c4cccc(OCC)c4O[C@]2(C)[C@@H]3C(=O)Nc2ccc(C)cc2C)cc1. The summed E-state index contributed by atoms with van der Waals surface area (Å²) >= 11 is 5.88. The molecule has 1 saturated heterocycles. The lowest BCUT2D eigenvalue weighted by Crippen LogP contribution is -2.72. The van der Waals surface area contributed by atoms with E-state index in [1.807, 2.05) is 94.1 Å². The maximum Gasteiger partial charge on any atom is 0.236 e. The first-order valence-electron chi connectivity index (χ1n) is 12.9. The fraction of sp³-hybridized carbons (Fsp3) is 0.333. The topological polar surface area (TPSA) is 72.1 Å². The van der Waals surface area contributed by atoms with Gasteiger partial charge in [0.1, 0.15) is 11.7 Å². The second-order valence-corrected chi connectivity index (χ2v) is 10.1. The highest BCUT2D eigenvalue weighted by Crippen LogP contribution is 2.52. The Labute approximate surface area is 229 Å². The number of benzene rings is 3. The summed E-state index contributed by atoms with van der Waals surface area (Å²) in [5, 5.41) is 7.10. The van der Waals surface area contributed by atoms with E-state index >= 15 is 0 Å². The largest absolute Gasteiger partial charge is 0.494 e. The number of aryl methyl sites for hydroxylation is 2. The van der Waals surface area contributed by atoms with Gasteiger partial charge in [-0.2, -0.15) is 0 Å². The van der Waals surface area contributed by atoms with Gasteiger partial charge in [0.25, 0.3) is 0 Å². The summed E-state index contributed by atoms with van der Waals surface area (Å²) in [4.78, 5) is 16.0. The third-order valence-electron chi connectivity index (χ3n) is 7.12. The third kappa shape index (κ3) is 4.43. The molecule has 2 aliphatic rings. The predicted molar refractivity (Wildman–Crippen MR) is 153 cm³/mol. The van der Waals surface area contributed by atoms with Crippen molar-refractivity contribution in [1.29, 1.82) is 0 Å². The molecule has 2 N–H and O–H groups in total. The Kier molecular flexibility index (Phi) is 6.92. The van der Waals surface area contributed by atoms with Crippen LogP contribution in [0.25, 0.3) is 0 Å². The molecular weight excluding hydrogens is 498 g/mol. The maximum absolute atomic E-state index is 14.1. The van der Waals surface area contributed by atoms with Crippen LogP contribution in [0.3, 0.4) is 0 Å². The molecule has 5 rings (SSSR count). The highest BCUT2D eigenvalue weighted by atomic mass is 32.1. The summed E-state index contributed by atoms with van der Waals surface area (Å²) in [6, 6.07) is 19.0. The molecule has 0 radical (unpaired) electrons. The molecule has 2 aliphatic heterocycles. The Hall–Kier alpha value is -3.78. The third-order valence-corrected chi connectivity index (χ3v) is 7.42. The quantitative estimate of drug-likeness (QED) is 0.368. The number of carbonyl (C=O) groups is 1. The number of nitrogens with zero attached hydrogens (tertiary/aromatic N) is 1. The summed E-state index contributed by atoms with van der Waals surface area (Å²) in [7, 11) is 0. The highest BCUT2D eigenvalue weighted by molar-refractivity contribution is 7.80. The summed E-state index contributed by atoms with van der Waals surface area (Å²) in [6.45, 7) is 10.9. The van der Waals surface area contributed by atoms with E-state index in [0.717, 1.165) is 33.8 Å². The van der Waals surface area contributed by atoms with Crippen molar-refractivity contribution < 1.29 is 19.0 Å². The molecule has 0 aliphatic carbocycles. The molecule has 2 bridgehead atoms. The molecule has 3 aromatic carbocycles. The molecule has 0 saturated carbocycles. The van der Waals surface area contributed by atoms with E-state index in [0.29, 0.717) is 29.8 Å². The fourth-order valence-corrected chi connectivity index (χ4v) is 5.86. The van der Waals surface area contributed by atoms with Crippen molar-refractivity contribution in [2.75, 3.05) is 23.4 Å². The minimum absolute atomic E-state index is 0.164. The lowest BCUT2D eigenvalue weighted by atomic mass is 9.78. The smallest absolute Gasteiger partial charge is 0.236 e. The zero-order valence-corrected chi connectivity index (χ0v) is 23.1. The van der Waals surface area contributed by atoms with Crippen LogP contribution in [0.4, 0.5) is 11.4 Å². The molecule has 1 amide bonds. The van der Waals surface area contributed by atoms with Crippen molar-refractivity contribution >= 4 is 34.6 Å². The average Bonchev–Trinajstić information content (AvgIpc) is 2.87. The summed E-state index contributed by atoms with van der Waals surface area (Å²) < 4.78 is 18.4. The number of anilines is 2. The predicted octanol–water partition coefficient (Wildman–Crippen LogP) is 5.90. The summed E-state index contributed by atoms with van der Waals surface area (Å²) in [6.07, 6.45) is 0. The van der Waals surface area contributed by atoms with Gasteiger partial charge in [0.2, 0.25) is 5.91 Å². The second kappa shape index (κ2) is 10.2. The van der Waals surface area contributed by atoms with Gasteiger partial charge in [-0.25, -0.2) is 0 Å². The van der Waals surface area contributed by atoms with Gasteiger partial charge < -0.3 is 24.8 Å². The van der Waals surface area contributed by atoms with Crippen LogP contribution in [-0.2, 0) is 4.79 Å². The monoisotopic (exact) mass is 531 g/mol. The van der Waals surface area contributed by atoms with E-state index in [1.54, 1.807) is 0 Å². The van der Waals surface area contributed by atoms with Crippen LogP contribution in [0, 0.1) is 19.8 Å². The molecule has 8 heteroatoms. The molecule has 0 unspecified atom stereocenters. The number of carbonyl (C=O) groups excluding carboxylic acids is 1. The van der Waals surface area contributed by atoms with E-state index in [1.165, 1.54) is 0 Å². The van der Waals surface area contributed by atoms with Crippen molar-refractivity contribution in [1.82, 2.24) is 5.32 Å². The Morgan fingerprint density at radius 2 is 1.82 bits per heavy atom. The molecule has 38 heavy (non-hydrogen) atoms. The van der Waals surface area contributed by atoms with Crippen LogP contribution >= 0.6 is 12.2 Å². The number of amides is 1. The number of para-hydroxylation sites is 1. The molecular formula is C30H33N3O4S. The Morgan fingerprint density at radius 3 is 2.50 bits per heavy atom. The van der Waals surface area contributed by atoms with Crippen molar-refractivity contribution in [3.05, 3.63) is 77.4 Å². The number of hydrogen-bond acceptors (Lipinski definition) is 5.